The highest BCUT2D eigenvalue weighted by molar-refractivity contribution is 5.84. The Bertz CT molecular complexity index is 481. The summed E-state index contributed by atoms with van der Waals surface area (Å²) in [5, 5.41) is 8.93. The molecule has 0 aromatic carbocycles. The summed E-state index contributed by atoms with van der Waals surface area (Å²) in [6, 6.07) is 0. The number of rotatable bonds is 4. The van der Waals surface area contributed by atoms with Crippen LogP contribution in [0.5, 0.6) is 0 Å². The molecule has 0 aromatic heterocycles. The number of alkyl halides is 6. The monoisotopic (exact) mass is 334 g/mol. The van der Waals surface area contributed by atoms with Crippen molar-refractivity contribution in [1.82, 2.24) is 0 Å². The lowest BCUT2D eigenvalue weighted by Crippen LogP contribution is -2.45. The van der Waals surface area contributed by atoms with Gasteiger partial charge in [0.25, 0.3) is 6.10 Å². The van der Waals surface area contributed by atoms with E-state index in [1.165, 1.54) is 13.8 Å². The van der Waals surface area contributed by atoms with Crippen molar-refractivity contribution in [2.24, 2.45) is 17.3 Å². The molecule has 1 N–H and O–H groups in total. The largest absolute Gasteiger partial charge is 0.481 e. The van der Waals surface area contributed by atoms with E-state index in [9.17, 15) is 35.9 Å². The van der Waals surface area contributed by atoms with Gasteiger partial charge in [0.2, 0.25) is 0 Å². The van der Waals surface area contributed by atoms with E-state index in [2.05, 4.69) is 4.74 Å². The molecule has 0 spiro atoms. The number of hydrogen-bond acceptors (Lipinski definition) is 3. The smallest absolute Gasteiger partial charge is 0.434 e. The zero-order valence-corrected chi connectivity index (χ0v) is 11.3. The molecule has 4 nitrogen and oxygen atoms in total. The van der Waals surface area contributed by atoms with Gasteiger partial charge in [0.1, 0.15) is 0 Å². The van der Waals surface area contributed by atoms with E-state index in [4.69, 9.17) is 5.11 Å². The van der Waals surface area contributed by atoms with Crippen LogP contribution in [-0.4, -0.2) is 35.5 Å². The van der Waals surface area contributed by atoms with Gasteiger partial charge in [-0.15, -0.1) is 0 Å². The first kappa shape index (κ1) is 18.3. The van der Waals surface area contributed by atoms with Gasteiger partial charge in [0.05, 0.1) is 5.41 Å². The lowest BCUT2D eigenvalue weighted by atomic mass is 10.1. The van der Waals surface area contributed by atoms with Crippen molar-refractivity contribution in [2.45, 2.75) is 32.3 Å². The highest BCUT2D eigenvalue weighted by atomic mass is 19.4. The minimum Gasteiger partial charge on any atom is -0.481 e. The third-order valence-corrected chi connectivity index (χ3v) is 3.80. The predicted octanol–water partition coefficient (Wildman–Crippen LogP) is 2.94. The van der Waals surface area contributed by atoms with Gasteiger partial charge in [-0.05, 0) is 18.8 Å². The molecule has 1 aliphatic rings. The van der Waals surface area contributed by atoms with Gasteiger partial charge < -0.3 is 9.84 Å². The van der Waals surface area contributed by atoms with Gasteiger partial charge in [0, 0.05) is 6.08 Å². The number of carbonyl (C=O) groups is 2. The summed E-state index contributed by atoms with van der Waals surface area (Å²) < 4.78 is 76.5. The van der Waals surface area contributed by atoms with Gasteiger partial charge in [-0.25, -0.2) is 4.79 Å². The van der Waals surface area contributed by atoms with E-state index in [0.717, 1.165) is 6.08 Å². The average Bonchev–Trinajstić information content (AvgIpc) is 2.84. The molecule has 22 heavy (non-hydrogen) atoms. The average molecular weight is 334 g/mol. The fraction of sp³-hybridized carbons (Fsp3) is 0.667. The number of aliphatic carboxylic acids is 1. The molecule has 3 atom stereocenters. The van der Waals surface area contributed by atoms with Crippen molar-refractivity contribution >= 4 is 11.9 Å². The van der Waals surface area contributed by atoms with Gasteiger partial charge >= 0.3 is 24.3 Å². The predicted molar refractivity (Wildman–Crippen MR) is 59.5 cm³/mol. The Kier molecular flexibility index (Phi) is 4.55. The molecule has 0 aliphatic heterocycles. The standard InChI is InChI=1S/C12H12F6O4/c1-5-6(10(5,2)9(20)21)3-4-7(19)22-8(11(13,14)15)12(16,17)18/h3-6,8H,1-2H3,(H,20,21)/b4-3-. The van der Waals surface area contributed by atoms with Gasteiger partial charge in [-0.1, -0.05) is 13.0 Å². The van der Waals surface area contributed by atoms with Gasteiger partial charge in [-0.2, -0.15) is 26.3 Å². The van der Waals surface area contributed by atoms with Crippen LogP contribution in [0.15, 0.2) is 12.2 Å². The molecule has 0 saturated heterocycles. The van der Waals surface area contributed by atoms with Crippen LogP contribution in [0.3, 0.4) is 0 Å². The van der Waals surface area contributed by atoms with Crippen LogP contribution >= 0.6 is 0 Å². The summed E-state index contributed by atoms with van der Waals surface area (Å²) in [5.74, 6) is -4.10. The molecule has 0 radical (unpaired) electrons. The molecule has 1 aliphatic carbocycles. The second-order valence-corrected chi connectivity index (χ2v) is 5.16. The highest BCUT2D eigenvalue weighted by Gasteiger charge is 2.63. The molecular weight excluding hydrogens is 322 g/mol. The Labute approximate surface area is 120 Å². The number of esters is 1. The Morgan fingerprint density at radius 2 is 1.64 bits per heavy atom. The number of carboxylic acid groups (broad SMARTS) is 1. The summed E-state index contributed by atoms with van der Waals surface area (Å²) in [6.07, 6.45) is -14.5. The fourth-order valence-electron chi connectivity index (χ4n) is 2.13. The molecule has 0 aromatic rings. The van der Waals surface area contributed by atoms with Crippen molar-refractivity contribution in [3.63, 3.8) is 0 Å². The zero-order chi connectivity index (χ0) is 17.5. The number of carbonyl (C=O) groups excluding carboxylic acids is 1. The highest BCUT2D eigenvalue weighted by Crippen LogP contribution is 2.59. The maximum absolute atomic E-state index is 12.2. The first-order chi connectivity index (χ1) is 9.72. The van der Waals surface area contributed by atoms with Gasteiger partial charge in [0.15, 0.2) is 0 Å². The van der Waals surface area contributed by atoms with E-state index < -0.39 is 47.6 Å². The van der Waals surface area contributed by atoms with Crippen LogP contribution in [0.2, 0.25) is 0 Å². The van der Waals surface area contributed by atoms with Crippen molar-refractivity contribution in [3.8, 4) is 0 Å². The summed E-state index contributed by atoms with van der Waals surface area (Å²) in [4.78, 5) is 22.1. The van der Waals surface area contributed by atoms with E-state index in [-0.39, 0.29) is 0 Å². The maximum Gasteiger partial charge on any atom is 0.434 e. The molecular formula is C12H12F6O4. The van der Waals surface area contributed by atoms with E-state index in [0.29, 0.717) is 6.08 Å². The first-order valence-corrected chi connectivity index (χ1v) is 5.98. The van der Waals surface area contributed by atoms with Crippen LogP contribution in [0, 0.1) is 17.3 Å². The summed E-state index contributed by atoms with van der Waals surface area (Å²) in [6.45, 7) is 2.89. The Morgan fingerprint density at radius 3 is 1.95 bits per heavy atom. The summed E-state index contributed by atoms with van der Waals surface area (Å²) in [7, 11) is 0. The van der Waals surface area contributed by atoms with Gasteiger partial charge in [-0.3, -0.25) is 4.79 Å². The molecule has 0 bridgehead atoms. The lowest BCUT2D eigenvalue weighted by molar-refractivity contribution is -0.312. The second-order valence-electron chi connectivity index (χ2n) is 5.16. The normalized spacial score (nSPS) is 29.0. The zero-order valence-electron chi connectivity index (χ0n) is 11.3. The van der Waals surface area contributed by atoms with Crippen LogP contribution < -0.4 is 0 Å². The minimum atomic E-state index is -5.79. The number of ether oxygens (including phenoxy) is 1. The van der Waals surface area contributed by atoms with Crippen molar-refractivity contribution in [1.29, 1.82) is 0 Å². The number of carboxylic acids is 1. The first-order valence-electron chi connectivity index (χ1n) is 5.98. The maximum atomic E-state index is 12.2. The second kappa shape index (κ2) is 5.47. The summed E-state index contributed by atoms with van der Waals surface area (Å²) >= 11 is 0. The van der Waals surface area contributed by atoms with Crippen LogP contribution in [0.25, 0.3) is 0 Å². The molecule has 0 amide bonds. The molecule has 1 rings (SSSR count). The number of halogens is 6. The Morgan fingerprint density at radius 1 is 1.18 bits per heavy atom. The lowest BCUT2D eigenvalue weighted by Gasteiger charge is -2.22. The third kappa shape index (κ3) is 3.53. The fourth-order valence-corrected chi connectivity index (χ4v) is 2.13. The van der Waals surface area contributed by atoms with Crippen LogP contribution in [-0.2, 0) is 14.3 Å². The Balaban J connectivity index is 2.75. The Hall–Kier alpha value is -1.74. The molecule has 0 heterocycles. The molecule has 3 unspecified atom stereocenters. The number of hydrogen-bond donors (Lipinski definition) is 1. The van der Waals surface area contributed by atoms with E-state index in [1.807, 2.05) is 0 Å². The van der Waals surface area contributed by atoms with Crippen molar-refractivity contribution < 1.29 is 45.8 Å². The quantitative estimate of drug-likeness (QED) is 0.488. The summed E-state index contributed by atoms with van der Waals surface area (Å²) in [5.41, 5.74) is -1.20. The van der Waals surface area contributed by atoms with Crippen LogP contribution in [0.1, 0.15) is 13.8 Å². The minimum absolute atomic E-state index is 0.389. The third-order valence-electron chi connectivity index (χ3n) is 3.80. The van der Waals surface area contributed by atoms with Crippen molar-refractivity contribution in [3.05, 3.63) is 12.2 Å². The van der Waals surface area contributed by atoms with E-state index in [1.54, 1.807) is 0 Å². The molecule has 10 heteroatoms. The topological polar surface area (TPSA) is 63.6 Å². The molecule has 1 saturated carbocycles. The van der Waals surface area contributed by atoms with Crippen molar-refractivity contribution in [2.75, 3.05) is 0 Å². The SMILES string of the molecule is CC1C(/C=C\C(=O)OC(C(F)(F)F)C(F)(F)F)C1(C)C(=O)O. The molecule has 126 valence electrons. The van der Waals surface area contributed by atoms with E-state index >= 15 is 0 Å². The number of allylic oxidation sites excluding steroid dienone is 1. The van der Waals surface area contributed by atoms with Crippen LogP contribution in [0.4, 0.5) is 26.3 Å². The molecule has 1 fully saturated rings.